The van der Waals surface area contributed by atoms with Gasteiger partial charge >= 0.3 is 7.60 Å². The highest BCUT2D eigenvalue weighted by molar-refractivity contribution is 7.51. The normalized spacial score (nSPS) is 12.0. The summed E-state index contributed by atoms with van der Waals surface area (Å²) in [5.74, 6) is 0.694. The average molecular weight is 396 g/mol. The standard InChI is InChI=1S/C16H25N6O4P/c1-3-13-19-15-14(16(23)22(13)4-2)18-12-21(15)9-8-20(7-5-6-17)10-11-27(24,25)26/h12H,3-5,7-11H2,1-2H3,(H2,24,25,26). The predicted octanol–water partition coefficient (Wildman–Crippen LogP) is 0.569. The summed E-state index contributed by atoms with van der Waals surface area (Å²) in [6, 6.07) is 2.04. The summed E-state index contributed by atoms with van der Waals surface area (Å²) >= 11 is 0. The maximum absolute atomic E-state index is 12.6. The SMILES string of the molecule is CCc1nc2c(ncn2CCN(CCC#N)CCP(=O)(O)O)c(=O)n1CC. The van der Waals surface area contributed by atoms with Gasteiger partial charge in [0.25, 0.3) is 5.56 Å². The first-order valence-corrected chi connectivity index (χ1v) is 10.7. The lowest BCUT2D eigenvalue weighted by atomic mass is 10.3. The Labute approximate surface area is 157 Å². The van der Waals surface area contributed by atoms with Gasteiger partial charge in [-0.05, 0) is 6.92 Å². The third-order valence-electron chi connectivity index (χ3n) is 4.34. The van der Waals surface area contributed by atoms with Gasteiger partial charge < -0.3 is 14.4 Å². The van der Waals surface area contributed by atoms with Crippen LogP contribution in [0.5, 0.6) is 0 Å². The molecule has 0 saturated carbocycles. The van der Waals surface area contributed by atoms with Crippen molar-refractivity contribution in [2.24, 2.45) is 0 Å². The van der Waals surface area contributed by atoms with Crippen LogP contribution in [-0.4, -0.2) is 59.6 Å². The third-order valence-corrected chi connectivity index (χ3v) is 5.12. The maximum Gasteiger partial charge on any atom is 0.326 e. The first-order valence-electron chi connectivity index (χ1n) is 8.89. The summed E-state index contributed by atoms with van der Waals surface area (Å²) in [5, 5.41) is 8.78. The number of aromatic nitrogens is 4. The monoisotopic (exact) mass is 396 g/mol. The molecule has 0 fully saturated rings. The molecular weight excluding hydrogens is 371 g/mol. The van der Waals surface area contributed by atoms with E-state index in [1.807, 2.05) is 24.8 Å². The Balaban J connectivity index is 2.21. The molecule has 0 bridgehead atoms. The van der Waals surface area contributed by atoms with Crippen molar-refractivity contribution in [2.45, 2.75) is 39.8 Å². The van der Waals surface area contributed by atoms with Crippen LogP contribution in [0.3, 0.4) is 0 Å². The fourth-order valence-electron chi connectivity index (χ4n) is 2.90. The lowest BCUT2D eigenvalue weighted by Crippen LogP contribution is -2.31. The topological polar surface area (TPSA) is 137 Å². The van der Waals surface area contributed by atoms with Crippen molar-refractivity contribution in [3.8, 4) is 6.07 Å². The van der Waals surface area contributed by atoms with E-state index in [1.54, 1.807) is 15.5 Å². The third kappa shape index (κ3) is 5.47. The van der Waals surface area contributed by atoms with Gasteiger partial charge in [-0.2, -0.15) is 5.26 Å². The molecule has 2 N–H and O–H groups in total. The van der Waals surface area contributed by atoms with E-state index >= 15 is 0 Å². The van der Waals surface area contributed by atoms with E-state index in [4.69, 9.17) is 15.0 Å². The predicted molar refractivity (Wildman–Crippen MR) is 100 cm³/mol. The maximum atomic E-state index is 12.6. The van der Waals surface area contributed by atoms with E-state index in [0.29, 0.717) is 49.6 Å². The second-order valence-electron chi connectivity index (χ2n) is 6.18. The summed E-state index contributed by atoms with van der Waals surface area (Å²) in [7, 11) is -4.10. The molecule has 10 nitrogen and oxygen atoms in total. The minimum Gasteiger partial charge on any atom is -0.324 e. The van der Waals surface area contributed by atoms with E-state index in [9.17, 15) is 9.36 Å². The molecule has 0 aromatic carbocycles. The van der Waals surface area contributed by atoms with Crippen LogP contribution in [0.15, 0.2) is 11.1 Å². The summed E-state index contributed by atoms with van der Waals surface area (Å²) in [6.45, 7) is 5.88. The summed E-state index contributed by atoms with van der Waals surface area (Å²) in [4.78, 5) is 41.3. The van der Waals surface area contributed by atoms with Crippen LogP contribution in [0.25, 0.3) is 11.2 Å². The van der Waals surface area contributed by atoms with Crippen molar-refractivity contribution < 1.29 is 14.4 Å². The van der Waals surface area contributed by atoms with Gasteiger partial charge in [-0.1, -0.05) is 6.92 Å². The Morgan fingerprint density at radius 1 is 1.30 bits per heavy atom. The lowest BCUT2D eigenvalue weighted by Gasteiger charge is -2.21. The molecule has 0 unspecified atom stereocenters. The van der Waals surface area contributed by atoms with Crippen LogP contribution in [0.1, 0.15) is 26.1 Å². The van der Waals surface area contributed by atoms with Crippen LogP contribution in [0, 0.1) is 11.3 Å². The molecule has 2 aromatic rings. The summed E-state index contributed by atoms with van der Waals surface area (Å²) in [5.41, 5.74) is 0.658. The van der Waals surface area contributed by atoms with Gasteiger partial charge in [0.05, 0.1) is 18.6 Å². The van der Waals surface area contributed by atoms with E-state index in [2.05, 4.69) is 9.97 Å². The van der Waals surface area contributed by atoms with Gasteiger partial charge in [0.2, 0.25) is 0 Å². The highest BCUT2D eigenvalue weighted by Gasteiger charge is 2.17. The Bertz CT molecular complexity index is 925. The Hall–Kier alpha value is -2.05. The molecule has 11 heteroatoms. The number of fused-ring (bicyclic) bond motifs is 1. The van der Waals surface area contributed by atoms with Gasteiger partial charge in [-0.15, -0.1) is 0 Å². The van der Waals surface area contributed by atoms with Gasteiger partial charge in [0.1, 0.15) is 5.82 Å². The van der Waals surface area contributed by atoms with Crippen molar-refractivity contribution in [1.82, 2.24) is 24.0 Å². The Morgan fingerprint density at radius 3 is 2.63 bits per heavy atom. The average Bonchev–Trinajstić information content (AvgIpc) is 3.03. The van der Waals surface area contributed by atoms with Gasteiger partial charge in [-0.25, -0.2) is 9.97 Å². The number of hydrogen-bond donors (Lipinski definition) is 2. The lowest BCUT2D eigenvalue weighted by molar-refractivity contribution is 0.275. The summed E-state index contributed by atoms with van der Waals surface area (Å²) < 4.78 is 14.5. The van der Waals surface area contributed by atoms with Gasteiger partial charge in [0, 0.05) is 45.6 Å². The minimum atomic E-state index is -4.10. The smallest absolute Gasteiger partial charge is 0.324 e. The molecule has 2 rings (SSSR count). The van der Waals surface area contributed by atoms with E-state index in [0.717, 1.165) is 0 Å². The molecule has 0 radical (unpaired) electrons. The zero-order valence-corrected chi connectivity index (χ0v) is 16.5. The molecular formula is C16H25N6O4P. The van der Waals surface area contributed by atoms with Crippen molar-refractivity contribution in [3.05, 3.63) is 22.5 Å². The van der Waals surface area contributed by atoms with E-state index in [-0.39, 0.29) is 24.7 Å². The summed E-state index contributed by atoms with van der Waals surface area (Å²) in [6.07, 6.45) is 2.19. The van der Waals surface area contributed by atoms with Gasteiger partial charge in [0.15, 0.2) is 11.2 Å². The highest BCUT2D eigenvalue weighted by Crippen LogP contribution is 2.33. The molecule has 0 spiro atoms. The quantitative estimate of drug-likeness (QED) is 0.556. The molecule has 0 atom stereocenters. The highest BCUT2D eigenvalue weighted by atomic mass is 31.2. The molecule has 27 heavy (non-hydrogen) atoms. The molecule has 2 heterocycles. The Morgan fingerprint density at radius 2 is 2.04 bits per heavy atom. The fraction of sp³-hybridized carbons (Fsp3) is 0.625. The van der Waals surface area contributed by atoms with Crippen LogP contribution in [0.2, 0.25) is 0 Å². The number of nitrogens with zero attached hydrogens (tertiary/aromatic N) is 6. The molecule has 0 saturated heterocycles. The zero-order valence-electron chi connectivity index (χ0n) is 15.6. The van der Waals surface area contributed by atoms with E-state index < -0.39 is 7.60 Å². The molecule has 0 aliphatic heterocycles. The minimum absolute atomic E-state index is 0.166. The van der Waals surface area contributed by atoms with Crippen LogP contribution >= 0.6 is 7.60 Å². The van der Waals surface area contributed by atoms with Crippen molar-refractivity contribution in [1.29, 1.82) is 5.26 Å². The number of rotatable bonds is 10. The van der Waals surface area contributed by atoms with Crippen LogP contribution in [0.4, 0.5) is 0 Å². The van der Waals surface area contributed by atoms with Crippen LogP contribution < -0.4 is 5.56 Å². The molecule has 0 amide bonds. The molecule has 148 valence electrons. The Kier molecular flexibility index (Phi) is 7.27. The molecule has 0 aliphatic rings. The largest absolute Gasteiger partial charge is 0.326 e. The van der Waals surface area contributed by atoms with Crippen molar-refractivity contribution in [2.75, 3.05) is 25.8 Å². The second kappa shape index (κ2) is 9.24. The van der Waals surface area contributed by atoms with Crippen molar-refractivity contribution in [3.63, 3.8) is 0 Å². The molecule has 0 aliphatic carbocycles. The molecule has 2 aromatic heterocycles. The van der Waals surface area contributed by atoms with Crippen molar-refractivity contribution >= 4 is 18.8 Å². The number of nitriles is 1. The zero-order chi connectivity index (χ0) is 20.0. The second-order valence-corrected chi connectivity index (χ2v) is 7.96. The number of hydrogen-bond acceptors (Lipinski definition) is 6. The van der Waals surface area contributed by atoms with Gasteiger partial charge in [-0.3, -0.25) is 18.8 Å². The van der Waals surface area contributed by atoms with E-state index in [1.165, 1.54) is 0 Å². The number of aryl methyl sites for hydroxylation is 1. The van der Waals surface area contributed by atoms with Crippen LogP contribution in [-0.2, 0) is 24.1 Å². The number of imidazole rings is 1. The first kappa shape index (κ1) is 21.3. The first-order chi connectivity index (χ1) is 12.8. The fourth-order valence-corrected chi connectivity index (χ4v) is 3.44.